The molecule has 2 heterocycles. The highest BCUT2D eigenvalue weighted by Crippen LogP contribution is 2.23. The van der Waals surface area contributed by atoms with Crippen LogP contribution in [0.1, 0.15) is 21.8 Å². The number of rotatable bonds is 4. The summed E-state index contributed by atoms with van der Waals surface area (Å²) in [6.45, 7) is 2.26. The Kier molecular flexibility index (Phi) is 3.86. The minimum absolute atomic E-state index is 0.104. The Morgan fingerprint density at radius 2 is 1.76 bits per heavy atom. The van der Waals surface area contributed by atoms with Gasteiger partial charge in [0.05, 0.1) is 12.1 Å². The average Bonchev–Trinajstić information content (AvgIpc) is 3.24. The quantitative estimate of drug-likeness (QED) is 0.571. The second kappa shape index (κ2) is 6.32. The van der Waals surface area contributed by atoms with E-state index < -0.39 is 0 Å². The molecule has 124 valence electrons. The average molecular weight is 330 g/mol. The van der Waals surface area contributed by atoms with Crippen molar-refractivity contribution in [3.05, 3.63) is 83.7 Å². The van der Waals surface area contributed by atoms with E-state index in [2.05, 4.69) is 10.3 Å². The second-order valence-electron chi connectivity index (χ2n) is 5.99. The lowest BCUT2D eigenvalue weighted by Gasteiger charge is -2.04. The van der Waals surface area contributed by atoms with E-state index in [0.29, 0.717) is 12.1 Å². The summed E-state index contributed by atoms with van der Waals surface area (Å²) >= 11 is 0. The fourth-order valence-corrected chi connectivity index (χ4v) is 3.06. The van der Waals surface area contributed by atoms with Gasteiger partial charge in [0.1, 0.15) is 11.5 Å². The molecule has 0 spiro atoms. The summed E-state index contributed by atoms with van der Waals surface area (Å²) in [6, 6.07) is 21.5. The van der Waals surface area contributed by atoms with E-state index in [-0.39, 0.29) is 5.91 Å². The molecule has 0 saturated carbocycles. The first kappa shape index (κ1) is 15.3. The molecule has 0 aliphatic rings. The smallest absolute Gasteiger partial charge is 0.254 e. The van der Waals surface area contributed by atoms with Crippen molar-refractivity contribution >= 4 is 16.8 Å². The van der Waals surface area contributed by atoms with Crippen LogP contribution in [-0.2, 0) is 6.54 Å². The summed E-state index contributed by atoms with van der Waals surface area (Å²) in [5.41, 5.74) is 3.54. The number of aryl methyl sites for hydroxylation is 1. The number of amides is 1. The van der Waals surface area contributed by atoms with Crippen LogP contribution in [0.2, 0.25) is 0 Å². The van der Waals surface area contributed by atoms with Gasteiger partial charge in [-0.05, 0) is 25.1 Å². The lowest BCUT2D eigenvalue weighted by atomic mass is 10.1. The number of aromatic amines is 1. The molecule has 4 rings (SSSR count). The number of para-hydroxylation sites is 1. The van der Waals surface area contributed by atoms with Gasteiger partial charge in [-0.2, -0.15) is 0 Å². The molecule has 0 radical (unpaired) electrons. The van der Waals surface area contributed by atoms with Crippen molar-refractivity contribution in [2.75, 3.05) is 0 Å². The molecule has 2 aromatic heterocycles. The van der Waals surface area contributed by atoms with Crippen molar-refractivity contribution < 1.29 is 9.21 Å². The number of fused-ring (bicyclic) bond motifs is 1. The van der Waals surface area contributed by atoms with Crippen LogP contribution in [0.4, 0.5) is 0 Å². The summed E-state index contributed by atoms with van der Waals surface area (Å²) in [5.74, 6) is 1.42. The van der Waals surface area contributed by atoms with Crippen LogP contribution in [0.3, 0.4) is 0 Å². The van der Waals surface area contributed by atoms with Crippen molar-refractivity contribution in [3.63, 3.8) is 0 Å². The third kappa shape index (κ3) is 2.94. The van der Waals surface area contributed by atoms with Crippen LogP contribution in [0.25, 0.3) is 22.2 Å². The Morgan fingerprint density at radius 1 is 1.00 bits per heavy atom. The van der Waals surface area contributed by atoms with Gasteiger partial charge in [0.2, 0.25) is 0 Å². The van der Waals surface area contributed by atoms with Gasteiger partial charge in [-0.25, -0.2) is 0 Å². The van der Waals surface area contributed by atoms with E-state index in [4.69, 9.17) is 4.42 Å². The van der Waals surface area contributed by atoms with E-state index in [1.165, 1.54) is 0 Å². The van der Waals surface area contributed by atoms with E-state index in [9.17, 15) is 4.79 Å². The van der Waals surface area contributed by atoms with E-state index in [0.717, 1.165) is 33.7 Å². The van der Waals surface area contributed by atoms with Crippen molar-refractivity contribution in [1.82, 2.24) is 10.3 Å². The van der Waals surface area contributed by atoms with Crippen LogP contribution < -0.4 is 5.32 Å². The molecule has 0 fully saturated rings. The first-order chi connectivity index (χ1) is 12.2. The molecule has 4 heteroatoms. The molecule has 0 bridgehead atoms. The Labute approximate surface area is 145 Å². The topological polar surface area (TPSA) is 58.0 Å². The van der Waals surface area contributed by atoms with Gasteiger partial charge in [-0.15, -0.1) is 0 Å². The zero-order valence-corrected chi connectivity index (χ0v) is 13.9. The van der Waals surface area contributed by atoms with Crippen LogP contribution in [0.5, 0.6) is 0 Å². The number of carbonyl (C=O) groups is 1. The Balaban J connectivity index is 1.51. The van der Waals surface area contributed by atoms with Crippen molar-refractivity contribution in [2.24, 2.45) is 0 Å². The fraction of sp³-hybridized carbons (Fsp3) is 0.0952. The van der Waals surface area contributed by atoms with Gasteiger partial charge >= 0.3 is 0 Å². The number of benzene rings is 2. The third-order valence-electron chi connectivity index (χ3n) is 4.26. The van der Waals surface area contributed by atoms with Crippen LogP contribution in [0.15, 0.2) is 71.1 Å². The number of hydrogen-bond donors (Lipinski definition) is 2. The highest BCUT2D eigenvalue weighted by atomic mass is 16.3. The molecule has 0 unspecified atom stereocenters. The summed E-state index contributed by atoms with van der Waals surface area (Å²) < 4.78 is 5.83. The van der Waals surface area contributed by atoms with Gasteiger partial charge in [0, 0.05) is 22.2 Å². The summed E-state index contributed by atoms with van der Waals surface area (Å²) in [5, 5.41) is 3.88. The fourth-order valence-electron chi connectivity index (χ4n) is 3.06. The number of aromatic nitrogens is 1. The van der Waals surface area contributed by atoms with Gasteiger partial charge in [0.15, 0.2) is 0 Å². The molecule has 2 aromatic carbocycles. The Bertz CT molecular complexity index is 1030. The van der Waals surface area contributed by atoms with E-state index in [1.54, 1.807) is 0 Å². The number of hydrogen-bond acceptors (Lipinski definition) is 2. The minimum Gasteiger partial charge on any atom is -0.459 e. The molecule has 1 amide bonds. The Morgan fingerprint density at radius 3 is 2.60 bits per heavy atom. The maximum absolute atomic E-state index is 12.6. The monoisotopic (exact) mass is 330 g/mol. The molecule has 0 atom stereocenters. The standard InChI is InChI=1S/C21H18N2O2/c1-14-20(17-9-5-6-10-18(17)23-14)21(24)22-13-16-11-12-19(25-16)15-7-3-2-4-8-15/h2-12,23H,13H2,1H3,(H,22,24). The molecule has 4 nitrogen and oxygen atoms in total. The molecular formula is C21H18N2O2. The highest BCUT2D eigenvalue weighted by molar-refractivity contribution is 6.08. The second-order valence-corrected chi connectivity index (χ2v) is 5.99. The zero-order valence-electron chi connectivity index (χ0n) is 13.9. The number of nitrogens with one attached hydrogen (secondary N) is 2. The van der Waals surface area contributed by atoms with Gasteiger partial charge in [-0.3, -0.25) is 4.79 Å². The first-order valence-electron chi connectivity index (χ1n) is 8.22. The number of furan rings is 1. The van der Waals surface area contributed by atoms with Gasteiger partial charge in [-0.1, -0.05) is 48.5 Å². The number of H-pyrrole nitrogens is 1. The summed E-state index contributed by atoms with van der Waals surface area (Å²) in [7, 11) is 0. The van der Waals surface area contributed by atoms with Gasteiger partial charge in [0.25, 0.3) is 5.91 Å². The lowest BCUT2D eigenvalue weighted by Crippen LogP contribution is -2.23. The maximum Gasteiger partial charge on any atom is 0.254 e. The molecule has 0 aliphatic heterocycles. The van der Waals surface area contributed by atoms with Crippen molar-refractivity contribution in [2.45, 2.75) is 13.5 Å². The van der Waals surface area contributed by atoms with Crippen LogP contribution in [-0.4, -0.2) is 10.9 Å². The molecule has 0 saturated heterocycles. The minimum atomic E-state index is -0.104. The molecule has 2 N–H and O–H groups in total. The van der Waals surface area contributed by atoms with Crippen molar-refractivity contribution in [1.29, 1.82) is 0 Å². The van der Waals surface area contributed by atoms with Crippen LogP contribution in [0, 0.1) is 6.92 Å². The largest absolute Gasteiger partial charge is 0.459 e. The maximum atomic E-state index is 12.6. The third-order valence-corrected chi connectivity index (χ3v) is 4.26. The zero-order chi connectivity index (χ0) is 17.2. The SMILES string of the molecule is Cc1[nH]c2ccccc2c1C(=O)NCc1ccc(-c2ccccc2)o1. The normalized spacial score (nSPS) is 10.9. The molecular weight excluding hydrogens is 312 g/mol. The first-order valence-corrected chi connectivity index (χ1v) is 8.22. The summed E-state index contributed by atoms with van der Waals surface area (Å²) in [4.78, 5) is 15.9. The highest BCUT2D eigenvalue weighted by Gasteiger charge is 2.16. The van der Waals surface area contributed by atoms with Crippen molar-refractivity contribution in [3.8, 4) is 11.3 Å². The molecule has 0 aliphatic carbocycles. The lowest BCUT2D eigenvalue weighted by molar-refractivity contribution is 0.0949. The number of carbonyl (C=O) groups excluding carboxylic acids is 1. The van der Waals surface area contributed by atoms with Crippen LogP contribution >= 0.6 is 0 Å². The predicted octanol–water partition coefficient (Wildman–Crippen LogP) is 4.67. The molecule has 25 heavy (non-hydrogen) atoms. The van der Waals surface area contributed by atoms with E-state index >= 15 is 0 Å². The van der Waals surface area contributed by atoms with Gasteiger partial charge < -0.3 is 14.7 Å². The molecule has 4 aromatic rings. The predicted molar refractivity (Wildman–Crippen MR) is 98.3 cm³/mol. The Hall–Kier alpha value is -3.27. The summed E-state index contributed by atoms with van der Waals surface area (Å²) in [6.07, 6.45) is 0. The van der Waals surface area contributed by atoms with E-state index in [1.807, 2.05) is 73.7 Å².